The van der Waals surface area contributed by atoms with Crippen LogP contribution >= 0.6 is 0 Å². The highest BCUT2D eigenvalue weighted by atomic mass is 16.4. The number of hydrogen-bond acceptors (Lipinski definition) is 2. The lowest BCUT2D eigenvalue weighted by Gasteiger charge is -2.26. The van der Waals surface area contributed by atoms with Crippen LogP contribution in [0.15, 0.2) is 0 Å². The smallest absolute Gasteiger partial charge is 0.356 e. The summed E-state index contributed by atoms with van der Waals surface area (Å²) in [6.45, 7) is 3.08. The predicted molar refractivity (Wildman–Crippen MR) is 72.7 cm³/mol. The Morgan fingerprint density at radius 2 is 1.95 bits per heavy atom. The quantitative estimate of drug-likeness (QED) is 0.887. The molecule has 0 bridgehead atoms. The number of nitrogens with zero attached hydrogens (tertiary/aromatic N) is 2. The molecule has 1 unspecified atom stereocenters. The summed E-state index contributed by atoms with van der Waals surface area (Å²) in [5.41, 5.74) is 1.28. The van der Waals surface area contributed by atoms with Crippen LogP contribution in [0.2, 0.25) is 0 Å². The first-order chi connectivity index (χ1) is 9.18. The summed E-state index contributed by atoms with van der Waals surface area (Å²) in [5, 5.41) is 9.39. The van der Waals surface area contributed by atoms with E-state index in [1.807, 2.05) is 0 Å². The Kier molecular flexibility index (Phi) is 3.33. The zero-order chi connectivity index (χ0) is 13.4. The zero-order valence-corrected chi connectivity index (χ0v) is 11.6. The first-order valence-corrected chi connectivity index (χ1v) is 7.52. The monoisotopic (exact) mass is 262 g/mol. The number of rotatable bonds is 2. The number of carboxylic acids is 1. The number of aromatic carboxylic acids is 1. The molecule has 1 fully saturated rings. The third kappa shape index (κ3) is 2.17. The molecule has 0 spiro atoms. The molecule has 2 aliphatic rings. The van der Waals surface area contributed by atoms with Gasteiger partial charge in [-0.25, -0.2) is 9.78 Å². The van der Waals surface area contributed by atoms with Gasteiger partial charge in [0.05, 0.1) is 5.69 Å². The molecule has 0 radical (unpaired) electrons. The van der Waals surface area contributed by atoms with E-state index in [-0.39, 0.29) is 0 Å². The van der Waals surface area contributed by atoms with Gasteiger partial charge in [-0.1, -0.05) is 26.2 Å². The van der Waals surface area contributed by atoms with Gasteiger partial charge in [0, 0.05) is 12.5 Å². The Morgan fingerprint density at radius 3 is 2.63 bits per heavy atom. The van der Waals surface area contributed by atoms with Gasteiger partial charge in [0.25, 0.3) is 0 Å². The van der Waals surface area contributed by atoms with Crippen molar-refractivity contribution in [2.45, 2.75) is 70.3 Å². The van der Waals surface area contributed by atoms with Crippen molar-refractivity contribution in [2.24, 2.45) is 0 Å². The Labute approximate surface area is 113 Å². The first-order valence-electron chi connectivity index (χ1n) is 7.52. The van der Waals surface area contributed by atoms with E-state index in [9.17, 15) is 9.90 Å². The van der Waals surface area contributed by atoms with Crippen LogP contribution in [-0.4, -0.2) is 20.6 Å². The van der Waals surface area contributed by atoms with Crippen LogP contribution in [-0.2, 0) is 6.54 Å². The van der Waals surface area contributed by atoms with Crippen molar-refractivity contribution in [1.29, 1.82) is 0 Å². The molecule has 19 heavy (non-hydrogen) atoms. The van der Waals surface area contributed by atoms with Crippen LogP contribution in [0.5, 0.6) is 0 Å². The second kappa shape index (κ2) is 4.99. The van der Waals surface area contributed by atoms with Crippen molar-refractivity contribution >= 4 is 5.97 Å². The van der Waals surface area contributed by atoms with Crippen molar-refractivity contribution in [3.05, 3.63) is 17.2 Å². The molecule has 4 heteroatoms. The molecule has 4 nitrogen and oxygen atoms in total. The molecule has 104 valence electrons. The van der Waals surface area contributed by atoms with E-state index in [1.165, 1.54) is 32.1 Å². The van der Waals surface area contributed by atoms with Gasteiger partial charge < -0.3 is 9.67 Å². The van der Waals surface area contributed by atoms with Crippen LogP contribution in [0.4, 0.5) is 0 Å². The van der Waals surface area contributed by atoms with Gasteiger partial charge in [-0.2, -0.15) is 0 Å². The topological polar surface area (TPSA) is 55.1 Å². The van der Waals surface area contributed by atoms with Crippen LogP contribution in [0.25, 0.3) is 0 Å². The molecule has 0 amide bonds. The average Bonchev–Trinajstić information content (AvgIpc) is 2.81. The molecule has 1 aromatic heterocycles. The fourth-order valence-electron chi connectivity index (χ4n) is 3.74. The van der Waals surface area contributed by atoms with Crippen molar-refractivity contribution < 1.29 is 9.90 Å². The van der Waals surface area contributed by atoms with Crippen molar-refractivity contribution in [2.75, 3.05) is 0 Å². The van der Waals surface area contributed by atoms with Crippen LogP contribution in [0.3, 0.4) is 0 Å². The molecule has 0 aromatic carbocycles. The number of aromatic nitrogens is 2. The average molecular weight is 262 g/mol. The van der Waals surface area contributed by atoms with Gasteiger partial charge in [-0.15, -0.1) is 0 Å². The fourth-order valence-corrected chi connectivity index (χ4v) is 3.74. The molecule has 1 atom stereocenters. The molecule has 2 heterocycles. The van der Waals surface area contributed by atoms with Crippen molar-refractivity contribution in [1.82, 2.24) is 9.55 Å². The van der Waals surface area contributed by atoms with Gasteiger partial charge in [-0.05, 0) is 31.6 Å². The third-order valence-electron chi connectivity index (χ3n) is 4.69. The van der Waals surface area contributed by atoms with E-state index < -0.39 is 5.97 Å². The Hall–Kier alpha value is -1.32. The largest absolute Gasteiger partial charge is 0.476 e. The van der Waals surface area contributed by atoms with Gasteiger partial charge in [0.1, 0.15) is 5.82 Å². The van der Waals surface area contributed by atoms with Crippen LogP contribution < -0.4 is 0 Å². The number of imidazole rings is 1. The number of carboxylic acid groups (broad SMARTS) is 1. The maximum Gasteiger partial charge on any atom is 0.356 e. The van der Waals surface area contributed by atoms with Gasteiger partial charge in [0.15, 0.2) is 5.69 Å². The summed E-state index contributed by atoms with van der Waals surface area (Å²) >= 11 is 0. The van der Waals surface area contributed by atoms with Gasteiger partial charge >= 0.3 is 5.97 Å². The Balaban J connectivity index is 2.04. The highest BCUT2D eigenvalue weighted by Crippen LogP contribution is 2.37. The van der Waals surface area contributed by atoms with Crippen LogP contribution in [0.1, 0.15) is 85.7 Å². The summed E-state index contributed by atoms with van der Waals surface area (Å²) in [5.74, 6) is 0.994. The Morgan fingerprint density at radius 1 is 1.21 bits per heavy atom. The van der Waals surface area contributed by atoms with E-state index in [1.54, 1.807) is 0 Å². The summed E-state index contributed by atoms with van der Waals surface area (Å²) in [4.78, 5) is 16.0. The molecule has 0 saturated heterocycles. The fraction of sp³-hybridized carbons (Fsp3) is 0.733. The number of fused-ring (bicyclic) bond motifs is 1. The zero-order valence-electron chi connectivity index (χ0n) is 11.6. The van der Waals surface area contributed by atoms with E-state index in [2.05, 4.69) is 16.5 Å². The second-order valence-corrected chi connectivity index (χ2v) is 6.04. The predicted octanol–water partition coefficient (Wildman–Crippen LogP) is 3.53. The van der Waals surface area contributed by atoms with E-state index in [0.717, 1.165) is 30.9 Å². The maximum absolute atomic E-state index is 11.4. The lowest BCUT2D eigenvalue weighted by atomic mass is 9.88. The normalized spacial score (nSPS) is 24.2. The third-order valence-corrected chi connectivity index (χ3v) is 4.69. The molecule has 1 N–H and O–H groups in total. The van der Waals surface area contributed by atoms with E-state index in [4.69, 9.17) is 0 Å². The standard InChI is InChI=1S/C15H22N2O2/c1-10-6-5-9-17-13(10)12(15(18)19)16-14(17)11-7-3-2-4-8-11/h10-11H,2-9H2,1H3,(H,18,19). The number of hydrogen-bond donors (Lipinski definition) is 1. The summed E-state index contributed by atoms with van der Waals surface area (Å²) in [6, 6.07) is 0. The summed E-state index contributed by atoms with van der Waals surface area (Å²) in [7, 11) is 0. The highest BCUT2D eigenvalue weighted by Gasteiger charge is 2.31. The molecule has 1 saturated carbocycles. The molecule has 1 aliphatic carbocycles. The molecule has 1 aromatic rings. The molecular weight excluding hydrogens is 240 g/mol. The van der Waals surface area contributed by atoms with Crippen LogP contribution in [0, 0.1) is 0 Å². The first kappa shape index (κ1) is 12.7. The minimum absolute atomic E-state index is 0.313. The van der Waals surface area contributed by atoms with E-state index >= 15 is 0 Å². The van der Waals surface area contributed by atoms with Gasteiger partial charge in [-0.3, -0.25) is 0 Å². The minimum Gasteiger partial charge on any atom is -0.476 e. The molecule has 3 rings (SSSR count). The van der Waals surface area contributed by atoms with Gasteiger partial charge in [0.2, 0.25) is 0 Å². The minimum atomic E-state index is -0.862. The van der Waals surface area contributed by atoms with Crippen molar-refractivity contribution in [3.63, 3.8) is 0 Å². The SMILES string of the molecule is CC1CCCn2c(C3CCCCC3)nc(C(=O)O)c21. The summed E-state index contributed by atoms with van der Waals surface area (Å²) < 4.78 is 2.23. The lowest BCUT2D eigenvalue weighted by Crippen LogP contribution is -2.19. The second-order valence-electron chi connectivity index (χ2n) is 6.04. The highest BCUT2D eigenvalue weighted by molar-refractivity contribution is 5.87. The molecular formula is C15H22N2O2. The summed E-state index contributed by atoms with van der Waals surface area (Å²) in [6.07, 6.45) is 8.38. The molecule has 1 aliphatic heterocycles. The lowest BCUT2D eigenvalue weighted by molar-refractivity contribution is 0.0688. The van der Waals surface area contributed by atoms with E-state index in [0.29, 0.717) is 17.5 Å². The maximum atomic E-state index is 11.4. The van der Waals surface area contributed by atoms with Crippen molar-refractivity contribution in [3.8, 4) is 0 Å². The number of carbonyl (C=O) groups is 1. The Bertz CT molecular complexity index is 487.